The van der Waals surface area contributed by atoms with E-state index in [0.29, 0.717) is 59.3 Å². The highest BCUT2D eigenvalue weighted by atomic mass is 35.5. The Morgan fingerprint density at radius 1 is 1.32 bits per heavy atom. The summed E-state index contributed by atoms with van der Waals surface area (Å²) in [6.45, 7) is 7.00. The summed E-state index contributed by atoms with van der Waals surface area (Å²) in [5.74, 6) is 0.965. The first-order chi connectivity index (χ1) is 14.8. The van der Waals surface area contributed by atoms with Gasteiger partial charge in [0.15, 0.2) is 17.2 Å². The Labute approximate surface area is 186 Å². The van der Waals surface area contributed by atoms with Crippen molar-refractivity contribution >= 4 is 28.6 Å². The third kappa shape index (κ3) is 4.52. The summed E-state index contributed by atoms with van der Waals surface area (Å²) in [6, 6.07) is 7.05. The molecule has 7 nitrogen and oxygen atoms in total. The average molecular weight is 444 g/mol. The maximum absolute atomic E-state index is 13.4. The fourth-order valence-corrected chi connectivity index (χ4v) is 3.93. The number of hydrogen-bond acceptors (Lipinski definition) is 6. The molecule has 3 heterocycles. The lowest BCUT2D eigenvalue weighted by Gasteiger charge is -2.44. The number of rotatable bonds is 5. The van der Waals surface area contributed by atoms with E-state index in [-0.39, 0.29) is 12.0 Å². The minimum atomic E-state index is -0.398. The van der Waals surface area contributed by atoms with Crippen LogP contribution in [0.2, 0.25) is 5.02 Å². The lowest BCUT2D eigenvalue weighted by molar-refractivity contribution is -0.0755. The molecule has 0 N–H and O–H groups in total. The molecular weight excluding hydrogens is 418 g/mol. The van der Waals surface area contributed by atoms with Gasteiger partial charge in [-0.3, -0.25) is 9.78 Å². The molecule has 1 unspecified atom stereocenters. The number of morpholine rings is 1. The van der Waals surface area contributed by atoms with Crippen molar-refractivity contribution in [3.05, 3.63) is 52.6 Å². The van der Waals surface area contributed by atoms with Crippen LogP contribution in [0.25, 0.3) is 11.1 Å². The number of nitrogens with zero attached hydrogens (tertiary/aromatic N) is 3. The van der Waals surface area contributed by atoms with Crippen molar-refractivity contribution in [2.75, 3.05) is 20.3 Å². The van der Waals surface area contributed by atoms with Gasteiger partial charge in [0.2, 0.25) is 0 Å². The number of benzene rings is 1. The van der Waals surface area contributed by atoms with Gasteiger partial charge in [-0.25, -0.2) is 4.98 Å². The molecule has 1 fully saturated rings. The van der Waals surface area contributed by atoms with Crippen molar-refractivity contribution in [3.63, 3.8) is 0 Å². The quantitative estimate of drug-likeness (QED) is 0.584. The molecule has 1 amide bonds. The summed E-state index contributed by atoms with van der Waals surface area (Å²) in [5.41, 5.74) is 2.10. The molecular formula is C23H26ClN3O4. The van der Waals surface area contributed by atoms with Crippen LogP contribution in [-0.4, -0.2) is 52.7 Å². The van der Waals surface area contributed by atoms with E-state index in [0.717, 1.165) is 5.69 Å². The first-order valence-electron chi connectivity index (χ1n) is 10.3. The van der Waals surface area contributed by atoms with Gasteiger partial charge in [-0.15, -0.1) is 0 Å². The second kappa shape index (κ2) is 8.48. The molecule has 2 aromatic heterocycles. The molecule has 0 radical (unpaired) electrons. The first kappa shape index (κ1) is 21.6. The third-order valence-electron chi connectivity index (χ3n) is 5.48. The van der Waals surface area contributed by atoms with E-state index in [2.05, 4.69) is 9.97 Å². The van der Waals surface area contributed by atoms with Crippen molar-refractivity contribution in [2.45, 2.75) is 45.3 Å². The van der Waals surface area contributed by atoms with Crippen molar-refractivity contribution < 1.29 is 18.7 Å². The van der Waals surface area contributed by atoms with Crippen LogP contribution in [0, 0.1) is 0 Å². The molecule has 0 spiro atoms. The summed E-state index contributed by atoms with van der Waals surface area (Å²) in [5, 5.41) is 0.646. The topological polar surface area (TPSA) is 77.7 Å². The minimum Gasteiger partial charge on any atom is -0.493 e. The smallest absolute Gasteiger partial charge is 0.254 e. The van der Waals surface area contributed by atoms with E-state index in [1.165, 1.54) is 0 Å². The van der Waals surface area contributed by atoms with Gasteiger partial charge in [0.1, 0.15) is 5.52 Å². The number of pyridine rings is 1. The molecule has 0 bridgehead atoms. The molecule has 1 saturated heterocycles. The second-order valence-electron chi connectivity index (χ2n) is 8.45. The second-order valence-corrected chi connectivity index (χ2v) is 8.89. The fourth-order valence-electron chi connectivity index (χ4n) is 3.75. The normalized spacial score (nSPS) is 18.4. The van der Waals surface area contributed by atoms with Crippen molar-refractivity contribution in [1.29, 1.82) is 0 Å². The van der Waals surface area contributed by atoms with Crippen LogP contribution in [0.1, 0.15) is 42.7 Å². The number of aryl methyl sites for hydroxylation is 2. The van der Waals surface area contributed by atoms with Gasteiger partial charge in [-0.1, -0.05) is 11.6 Å². The number of oxazole rings is 1. The molecule has 3 aromatic rings. The number of methoxy groups -OCH3 is 1. The Morgan fingerprint density at radius 2 is 2.13 bits per heavy atom. The van der Waals surface area contributed by atoms with Crippen molar-refractivity contribution in [2.24, 2.45) is 0 Å². The molecule has 31 heavy (non-hydrogen) atoms. The van der Waals surface area contributed by atoms with Gasteiger partial charge < -0.3 is 18.8 Å². The first-order valence-corrected chi connectivity index (χ1v) is 10.7. The van der Waals surface area contributed by atoms with Crippen LogP contribution in [0.4, 0.5) is 0 Å². The molecule has 4 rings (SSSR count). The standard InChI is InChI=1S/C23H26ClN3O4/c1-14-12-27(23(2,3)13-30-14)22(28)15-9-18-21(19(10-15)29-4)31-20(26-18)6-5-17-11-16(24)7-8-25-17/h7-11,14H,5-6,12-13H2,1-4H3. The van der Waals surface area contributed by atoms with Crippen LogP contribution in [-0.2, 0) is 17.6 Å². The van der Waals surface area contributed by atoms with Gasteiger partial charge in [-0.2, -0.15) is 0 Å². The zero-order valence-corrected chi connectivity index (χ0v) is 18.9. The summed E-state index contributed by atoms with van der Waals surface area (Å²) in [4.78, 5) is 24.1. The number of carbonyl (C=O) groups is 1. The van der Waals surface area contributed by atoms with E-state index < -0.39 is 5.54 Å². The molecule has 8 heteroatoms. The van der Waals surface area contributed by atoms with Crippen LogP contribution >= 0.6 is 11.6 Å². The number of amides is 1. The van der Waals surface area contributed by atoms with Crippen LogP contribution in [0.5, 0.6) is 5.75 Å². The van der Waals surface area contributed by atoms with Crippen molar-refractivity contribution in [1.82, 2.24) is 14.9 Å². The van der Waals surface area contributed by atoms with Crippen LogP contribution < -0.4 is 4.74 Å². The SMILES string of the molecule is COc1cc(C(=O)N2CC(C)OCC2(C)C)cc2nc(CCc3cc(Cl)ccn3)oc12. The Bertz CT molecular complexity index is 1110. The maximum Gasteiger partial charge on any atom is 0.254 e. The highest BCUT2D eigenvalue weighted by Crippen LogP contribution is 2.31. The number of halogens is 1. The Balaban J connectivity index is 1.61. The van der Waals surface area contributed by atoms with Gasteiger partial charge >= 0.3 is 0 Å². The predicted molar refractivity (Wildman–Crippen MR) is 118 cm³/mol. The number of hydrogen-bond donors (Lipinski definition) is 0. The van der Waals surface area contributed by atoms with E-state index in [9.17, 15) is 4.79 Å². The lowest BCUT2D eigenvalue weighted by Crippen LogP contribution is -2.57. The number of aromatic nitrogens is 2. The summed E-state index contributed by atoms with van der Waals surface area (Å²) < 4.78 is 17.2. The highest BCUT2D eigenvalue weighted by Gasteiger charge is 2.37. The largest absolute Gasteiger partial charge is 0.493 e. The maximum atomic E-state index is 13.4. The molecule has 0 aliphatic carbocycles. The minimum absolute atomic E-state index is 0.0126. The van der Waals surface area contributed by atoms with Crippen LogP contribution in [0.3, 0.4) is 0 Å². The number of ether oxygens (including phenoxy) is 2. The van der Waals surface area contributed by atoms with Crippen LogP contribution in [0.15, 0.2) is 34.9 Å². The zero-order valence-electron chi connectivity index (χ0n) is 18.1. The summed E-state index contributed by atoms with van der Waals surface area (Å²) in [6.07, 6.45) is 2.86. The van der Waals surface area contributed by atoms with Crippen molar-refractivity contribution in [3.8, 4) is 5.75 Å². The highest BCUT2D eigenvalue weighted by molar-refractivity contribution is 6.30. The Hall–Kier alpha value is -2.64. The molecule has 1 aliphatic rings. The van der Waals surface area contributed by atoms with E-state index >= 15 is 0 Å². The van der Waals surface area contributed by atoms with E-state index in [1.54, 1.807) is 31.5 Å². The summed E-state index contributed by atoms with van der Waals surface area (Å²) >= 11 is 6.03. The molecule has 1 aromatic carbocycles. The van der Waals surface area contributed by atoms with Gasteiger partial charge in [0.05, 0.1) is 25.4 Å². The average Bonchev–Trinajstić information content (AvgIpc) is 3.16. The molecule has 0 saturated carbocycles. The predicted octanol–water partition coefficient (Wildman–Crippen LogP) is 4.31. The molecule has 1 aliphatic heterocycles. The zero-order chi connectivity index (χ0) is 22.2. The summed E-state index contributed by atoms with van der Waals surface area (Å²) in [7, 11) is 1.56. The third-order valence-corrected chi connectivity index (χ3v) is 5.71. The Kier molecular flexibility index (Phi) is 5.90. The van der Waals surface area contributed by atoms with Gasteiger partial charge in [-0.05, 0) is 51.5 Å². The number of carbonyl (C=O) groups excluding carboxylic acids is 1. The molecule has 1 atom stereocenters. The molecule has 164 valence electrons. The van der Waals surface area contributed by atoms with E-state index in [4.69, 9.17) is 25.5 Å². The van der Waals surface area contributed by atoms with E-state index in [1.807, 2.05) is 31.7 Å². The van der Waals surface area contributed by atoms with Gasteiger partial charge in [0, 0.05) is 35.4 Å². The number of fused-ring (bicyclic) bond motifs is 1. The monoisotopic (exact) mass is 443 g/mol. The lowest BCUT2D eigenvalue weighted by atomic mass is 9.99. The fraction of sp³-hybridized carbons (Fsp3) is 0.435. The Morgan fingerprint density at radius 3 is 2.87 bits per heavy atom. The van der Waals surface area contributed by atoms with Gasteiger partial charge in [0.25, 0.3) is 5.91 Å².